The summed E-state index contributed by atoms with van der Waals surface area (Å²) in [6.45, 7) is 4.99. The van der Waals surface area contributed by atoms with Gasteiger partial charge in [-0.25, -0.2) is 0 Å². The summed E-state index contributed by atoms with van der Waals surface area (Å²) in [5.41, 5.74) is 2.30. The summed E-state index contributed by atoms with van der Waals surface area (Å²) in [5, 5.41) is 9.59. The van der Waals surface area contributed by atoms with Crippen molar-refractivity contribution in [2.24, 2.45) is 0 Å². The van der Waals surface area contributed by atoms with E-state index in [9.17, 15) is 9.90 Å². The van der Waals surface area contributed by atoms with Crippen molar-refractivity contribution in [3.05, 3.63) is 29.8 Å². The molecule has 104 valence electrons. The Morgan fingerprint density at radius 3 is 2.79 bits per heavy atom. The van der Waals surface area contributed by atoms with Gasteiger partial charge in [0, 0.05) is 31.9 Å². The second-order valence-electron chi connectivity index (χ2n) is 5.21. The Labute approximate surface area is 114 Å². The van der Waals surface area contributed by atoms with E-state index in [0.29, 0.717) is 6.54 Å². The first-order valence-corrected chi connectivity index (χ1v) is 6.82. The molecule has 1 aromatic carbocycles. The van der Waals surface area contributed by atoms with Gasteiger partial charge in [-0.05, 0) is 25.0 Å². The lowest BCUT2D eigenvalue weighted by Gasteiger charge is -2.31. The van der Waals surface area contributed by atoms with Gasteiger partial charge in [-0.3, -0.25) is 4.79 Å². The molecule has 2 rings (SSSR count). The van der Waals surface area contributed by atoms with Crippen LogP contribution in [0.2, 0.25) is 0 Å². The van der Waals surface area contributed by atoms with Crippen molar-refractivity contribution >= 4 is 11.6 Å². The molecule has 0 fully saturated rings. The number of hydrogen-bond acceptors (Lipinski definition) is 3. The monoisotopic (exact) mass is 262 g/mol. The Balaban J connectivity index is 2.36. The lowest BCUT2D eigenvalue weighted by Crippen LogP contribution is -2.46. The van der Waals surface area contributed by atoms with Crippen LogP contribution in [0.5, 0.6) is 0 Å². The molecule has 0 spiro atoms. The van der Waals surface area contributed by atoms with Crippen LogP contribution in [-0.2, 0) is 11.3 Å². The van der Waals surface area contributed by atoms with E-state index < -0.39 is 6.10 Å². The fourth-order valence-corrected chi connectivity index (χ4v) is 2.69. The first kappa shape index (κ1) is 13.9. The number of benzene rings is 1. The molecule has 1 aliphatic rings. The molecule has 0 aliphatic carbocycles. The van der Waals surface area contributed by atoms with Crippen LogP contribution in [0.15, 0.2) is 24.3 Å². The van der Waals surface area contributed by atoms with E-state index in [1.807, 2.05) is 23.1 Å². The van der Waals surface area contributed by atoms with Gasteiger partial charge in [-0.2, -0.15) is 0 Å². The van der Waals surface area contributed by atoms with Crippen LogP contribution in [0.25, 0.3) is 0 Å². The Bertz CT molecular complexity index is 459. The second kappa shape index (κ2) is 5.61. The molecule has 1 aromatic rings. The van der Waals surface area contributed by atoms with Crippen LogP contribution >= 0.6 is 0 Å². The van der Waals surface area contributed by atoms with Gasteiger partial charge in [0.1, 0.15) is 6.10 Å². The maximum absolute atomic E-state index is 12.2. The van der Waals surface area contributed by atoms with Crippen molar-refractivity contribution in [3.8, 4) is 0 Å². The highest BCUT2D eigenvalue weighted by molar-refractivity contribution is 5.81. The molecule has 0 aromatic heterocycles. The highest BCUT2D eigenvalue weighted by atomic mass is 16.3. The molecule has 0 saturated heterocycles. The van der Waals surface area contributed by atoms with E-state index in [2.05, 4.69) is 24.9 Å². The van der Waals surface area contributed by atoms with Crippen LogP contribution in [0.3, 0.4) is 0 Å². The summed E-state index contributed by atoms with van der Waals surface area (Å²) in [6, 6.07) is 8.27. The minimum Gasteiger partial charge on any atom is -0.384 e. The number of fused-ring (bicyclic) bond motifs is 1. The summed E-state index contributed by atoms with van der Waals surface area (Å²) >= 11 is 0. The molecular formula is C15H22N2O2. The van der Waals surface area contributed by atoms with Crippen molar-refractivity contribution in [2.45, 2.75) is 39.0 Å². The Morgan fingerprint density at radius 1 is 1.47 bits per heavy atom. The first-order valence-electron chi connectivity index (χ1n) is 6.82. The fraction of sp³-hybridized carbons (Fsp3) is 0.533. The Morgan fingerprint density at radius 2 is 2.16 bits per heavy atom. The number of amides is 1. The maximum atomic E-state index is 12.2. The number of aliphatic hydroxyl groups excluding tert-OH is 1. The average molecular weight is 262 g/mol. The third-order valence-corrected chi connectivity index (χ3v) is 3.78. The Hall–Kier alpha value is -1.55. The molecule has 0 radical (unpaired) electrons. The van der Waals surface area contributed by atoms with Crippen molar-refractivity contribution in [3.63, 3.8) is 0 Å². The van der Waals surface area contributed by atoms with Crippen molar-refractivity contribution in [2.75, 3.05) is 18.5 Å². The zero-order valence-electron chi connectivity index (χ0n) is 11.8. The van der Waals surface area contributed by atoms with Gasteiger partial charge < -0.3 is 14.9 Å². The number of likely N-dealkylation sites (N-methyl/N-ethyl adjacent to an activating group) is 1. The van der Waals surface area contributed by atoms with Crippen molar-refractivity contribution in [1.29, 1.82) is 0 Å². The summed E-state index contributed by atoms with van der Waals surface area (Å²) in [5.74, 6) is -0.183. The minimum atomic E-state index is -0.940. The summed E-state index contributed by atoms with van der Waals surface area (Å²) in [6.07, 6.45) is -0.0545. The predicted octanol–water partition coefficient (Wildman–Crippen LogP) is 1.62. The standard InChI is InChI=1S/C15H22N2O2/c1-4-13-10-16(3)14-8-6-5-7-12(14)9-17(13)15(19)11(2)18/h5-8,11,13,18H,4,9-10H2,1-3H3. The molecule has 2 atom stereocenters. The van der Waals surface area contributed by atoms with Gasteiger partial charge in [-0.1, -0.05) is 25.1 Å². The number of rotatable bonds is 2. The third kappa shape index (κ3) is 2.73. The van der Waals surface area contributed by atoms with E-state index in [1.165, 1.54) is 12.6 Å². The third-order valence-electron chi connectivity index (χ3n) is 3.78. The quantitative estimate of drug-likeness (QED) is 0.881. The first-order chi connectivity index (χ1) is 9.04. The molecule has 4 nitrogen and oxygen atoms in total. The molecule has 1 amide bonds. The van der Waals surface area contributed by atoms with Crippen molar-refractivity contribution in [1.82, 2.24) is 4.90 Å². The number of para-hydroxylation sites is 1. The van der Waals surface area contributed by atoms with Gasteiger partial charge in [0.25, 0.3) is 5.91 Å². The van der Waals surface area contributed by atoms with E-state index in [1.54, 1.807) is 0 Å². The molecule has 0 bridgehead atoms. The number of nitrogens with zero attached hydrogens (tertiary/aromatic N) is 2. The number of carbonyl (C=O) groups excluding carboxylic acids is 1. The summed E-state index contributed by atoms with van der Waals surface area (Å²) in [7, 11) is 2.05. The van der Waals surface area contributed by atoms with Gasteiger partial charge in [0.05, 0.1) is 0 Å². The van der Waals surface area contributed by atoms with Crippen LogP contribution in [0, 0.1) is 0 Å². The fourth-order valence-electron chi connectivity index (χ4n) is 2.69. The normalized spacial score (nSPS) is 20.7. The molecule has 2 unspecified atom stereocenters. The number of anilines is 1. The van der Waals surface area contributed by atoms with E-state index in [4.69, 9.17) is 0 Å². The zero-order chi connectivity index (χ0) is 14.0. The highest BCUT2D eigenvalue weighted by Gasteiger charge is 2.30. The van der Waals surface area contributed by atoms with E-state index >= 15 is 0 Å². The highest BCUT2D eigenvalue weighted by Crippen LogP contribution is 2.27. The second-order valence-corrected chi connectivity index (χ2v) is 5.21. The van der Waals surface area contributed by atoms with Crippen LogP contribution in [0.1, 0.15) is 25.8 Å². The number of aliphatic hydroxyl groups is 1. The molecule has 1 N–H and O–H groups in total. The zero-order valence-corrected chi connectivity index (χ0v) is 11.8. The molecule has 1 heterocycles. The van der Waals surface area contributed by atoms with E-state index in [-0.39, 0.29) is 11.9 Å². The van der Waals surface area contributed by atoms with Crippen LogP contribution < -0.4 is 4.90 Å². The summed E-state index contributed by atoms with van der Waals surface area (Å²) < 4.78 is 0. The maximum Gasteiger partial charge on any atom is 0.251 e. The molecule has 0 saturated carbocycles. The molecule has 4 heteroatoms. The smallest absolute Gasteiger partial charge is 0.251 e. The van der Waals surface area contributed by atoms with Crippen LogP contribution in [-0.4, -0.2) is 41.7 Å². The van der Waals surface area contributed by atoms with Gasteiger partial charge in [-0.15, -0.1) is 0 Å². The molecular weight excluding hydrogens is 240 g/mol. The Kier molecular flexibility index (Phi) is 4.10. The van der Waals surface area contributed by atoms with Crippen LogP contribution in [0.4, 0.5) is 5.69 Å². The van der Waals surface area contributed by atoms with Crippen molar-refractivity contribution < 1.29 is 9.90 Å². The van der Waals surface area contributed by atoms with E-state index in [0.717, 1.165) is 18.5 Å². The van der Waals surface area contributed by atoms with Gasteiger partial charge >= 0.3 is 0 Å². The molecule has 1 aliphatic heterocycles. The number of carbonyl (C=O) groups is 1. The SMILES string of the molecule is CCC1CN(C)c2ccccc2CN1C(=O)C(C)O. The molecule has 19 heavy (non-hydrogen) atoms. The number of hydrogen-bond donors (Lipinski definition) is 1. The average Bonchev–Trinajstić information content (AvgIpc) is 2.55. The minimum absolute atomic E-state index is 0.138. The topological polar surface area (TPSA) is 43.8 Å². The van der Waals surface area contributed by atoms with Gasteiger partial charge in [0.15, 0.2) is 0 Å². The largest absolute Gasteiger partial charge is 0.384 e. The lowest BCUT2D eigenvalue weighted by atomic mass is 10.1. The lowest BCUT2D eigenvalue weighted by molar-refractivity contribution is -0.142. The summed E-state index contributed by atoms with van der Waals surface area (Å²) in [4.78, 5) is 16.2. The predicted molar refractivity (Wildman–Crippen MR) is 76.0 cm³/mol. The van der Waals surface area contributed by atoms with Gasteiger partial charge in [0.2, 0.25) is 0 Å².